The van der Waals surface area contributed by atoms with E-state index in [4.69, 9.17) is 4.98 Å². The molecule has 0 fully saturated rings. The molecule has 3 nitrogen and oxygen atoms in total. The van der Waals surface area contributed by atoms with Crippen molar-refractivity contribution in [2.24, 2.45) is 5.10 Å². The molecule has 0 aromatic carbocycles. The Bertz CT molecular complexity index is 465. The molecule has 0 aliphatic rings. The van der Waals surface area contributed by atoms with Crippen molar-refractivity contribution in [2.75, 3.05) is 0 Å². The van der Waals surface area contributed by atoms with E-state index in [1.807, 2.05) is 11.6 Å². The Balaban J connectivity index is 3.58. The molecule has 0 bridgehead atoms. The lowest BCUT2D eigenvalue weighted by Crippen LogP contribution is -2.24. The molecule has 1 rings (SSSR count). The summed E-state index contributed by atoms with van der Waals surface area (Å²) in [6.07, 6.45) is 3.39. The molecule has 1 heterocycles. The summed E-state index contributed by atoms with van der Waals surface area (Å²) in [5.74, 6) is 0.919. The van der Waals surface area contributed by atoms with Crippen molar-refractivity contribution in [2.45, 2.75) is 59.3 Å². The SMILES string of the molecule is C=C/C=N\n1c(C)nc(C(C)(C)C)c1C(C)(C)C. The molecule has 0 aliphatic carbocycles. The highest BCUT2D eigenvalue weighted by atomic mass is 15.4. The van der Waals surface area contributed by atoms with Gasteiger partial charge < -0.3 is 0 Å². The number of allylic oxidation sites excluding steroid dienone is 1. The van der Waals surface area contributed by atoms with Crippen LogP contribution in [-0.2, 0) is 10.8 Å². The monoisotopic (exact) mass is 247 g/mol. The van der Waals surface area contributed by atoms with Gasteiger partial charge in [-0.05, 0) is 13.0 Å². The largest absolute Gasteiger partial charge is 0.236 e. The van der Waals surface area contributed by atoms with Crippen molar-refractivity contribution in [3.8, 4) is 0 Å². The first-order chi connectivity index (χ1) is 8.09. The summed E-state index contributed by atoms with van der Waals surface area (Å²) >= 11 is 0. The van der Waals surface area contributed by atoms with E-state index in [9.17, 15) is 0 Å². The molecule has 0 saturated carbocycles. The Morgan fingerprint density at radius 2 is 1.67 bits per heavy atom. The minimum atomic E-state index is 0.00236. The summed E-state index contributed by atoms with van der Waals surface area (Å²) in [5, 5.41) is 4.44. The predicted octanol–water partition coefficient (Wildman–Crippen LogP) is 3.81. The van der Waals surface area contributed by atoms with Crippen molar-refractivity contribution in [1.29, 1.82) is 0 Å². The third kappa shape index (κ3) is 2.89. The maximum atomic E-state index is 4.72. The molecule has 0 amide bonds. The summed E-state index contributed by atoms with van der Waals surface area (Å²) in [6.45, 7) is 18.8. The Hall–Kier alpha value is -1.38. The van der Waals surface area contributed by atoms with Crippen molar-refractivity contribution < 1.29 is 0 Å². The fourth-order valence-corrected chi connectivity index (χ4v) is 1.98. The van der Waals surface area contributed by atoms with Gasteiger partial charge in [-0.3, -0.25) is 0 Å². The van der Waals surface area contributed by atoms with Gasteiger partial charge in [-0.1, -0.05) is 48.1 Å². The van der Waals surface area contributed by atoms with Gasteiger partial charge >= 0.3 is 0 Å². The van der Waals surface area contributed by atoms with Gasteiger partial charge in [-0.25, -0.2) is 9.66 Å². The Labute approximate surface area is 111 Å². The van der Waals surface area contributed by atoms with Gasteiger partial charge in [0.2, 0.25) is 0 Å². The average Bonchev–Trinajstić information content (AvgIpc) is 2.51. The van der Waals surface area contributed by atoms with Crippen molar-refractivity contribution in [3.63, 3.8) is 0 Å². The minimum absolute atomic E-state index is 0.00236. The fourth-order valence-electron chi connectivity index (χ4n) is 1.98. The molecule has 0 N–H and O–H groups in total. The number of aromatic nitrogens is 2. The summed E-state index contributed by atoms with van der Waals surface area (Å²) < 4.78 is 1.93. The van der Waals surface area contributed by atoms with E-state index in [-0.39, 0.29) is 10.8 Å². The smallest absolute Gasteiger partial charge is 0.127 e. The Morgan fingerprint density at radius 1 is 1.11 bits per heavy atom. The second-order valence-electron chi connectivity index (χ2n) is 6.67. The zero-order valence-corrected chi connectivity index (χ0v) is 12.7. The van der Waals surface area contributed by atoms with Crippen LogP contribution < -0.4 is 0 Å². The second kappa shape index (κ2) is 4.71. The molecular weight excluding hydrogens is 222 g/mol. The third-order valence-corrected chi connectivity index (χ3v) is 2.72. The molecule has 0 spiro atoms. The van der Waals surface area contributed by atoms with E-state index < -0.39 is 0 Å². The number of nitrogens with zero attached hydrogens (tertiary/aromatic N) is 3. The molecule has 1 aromatic heterocycles. The van der Waals surface area contributed by atoms with Gasteiger partial charge in [0.1, 0.15) is 5.82 Å². The van der Waals surface area contributed by atoms with Gasteiger partial charge in [-0.15, -0.1) is 0 Å². The average molecular weight is 247 g/mol. The maximum Gasteiger partial charge on any atom is 0.127 e. The molecule has 100 valence electrons. The van der Waals surface area contributed by atoms with E-state index in [1.165, 1.54) is 5.69 Å². The highest BCUT2D eigenvalue weighted by Crippen LogP contribution is 2.34. The van der Waals surface area contributed by atoms with E-state index in [1.54, 1.807) is 12.3 Å². The van der Waals surface area contributed by atoms with Crippen LogP contribution >= 0.6 is 0 Å². The maximum absolute atomic E-state index is 4.72. The first-order valence-electron chi connectivity index (χ1n) is 6.34. The van der Waals surface area contributed by atoms with E-state index in [0.717, 1.165) is 11.5 Å². The number of hydrogen-bond acceptors (Lipinski definition) is 2. The van der Waals surface area contributed by atoms with E-state index in [0.29, 0.717) is 0 Å². The first-order valence-corrected chi connectivity index (χ1v) is 6.34. The molecule has 18 heavy (non-hydrogen) atoms. The minimum Gasteiger partial charge on any atom is -0.236 e. The van der Waals surface area contributed by atoms with E-state index >= 15 is 0 Å². The lowest BCUT2D eigenvalue weighted by Gasteiger charge is -2.26. The standard InChI is InChI=1S/C15H25N3/c1-9-10-16-18-11(2)17-12(14(3,4)5)13(18)15(6,7)8/h9-10H,1H2,2-8H3/b16-10-. The van der Waals surface area contributed by atoms with Crippen LogP contribution in [0.15, 0.2) is 17.8 Å². The summed E-state index contributed by atoms with van der Waals surface area (Å²) in [4.78, 5) is 4.72. The van der Waals surface area contributed by atoms with Gasteiger partial charge in [-0.2, -0.15) is 5.10 Å². The van der Waals surface area contributed by atoms with Crippen LogP contribution in [0.5, 0.6) is 0 Å². The number of hydrogen-bond donors (Lipinski definition) is 0. The first kappa shape index (κ1) is 14.7. The van der Waals surface area contributed by atoms with Crippen molar-refractivity contribution in [3.05, 3.63) is 29.9 Å². The van der Waals surface area contributed by atoms with Crippen molar-refractivity contribution in [1.82, 2.24) is 9.66 Å². The predicted molar refractivity (Wildman–Crippen MR) is 78.5 cm³/mol. The lowest BCUT2D eigenvalue weighted by molar-refractivity contribution is 0.494. The van der Waals surface area contributed by atoms with Crippen molar-refractivity contribution >= 4 is 6.21 Å². The van der Waals surface area contributed by atoms with Crippen LogP contribution in [0.2, 0.25) is 0 Å². The van der Waals surface area contributed by atoms with Gasteiger partial charge in [0.15, 0.2) is 0 Å². The molecular formula is C15H25N3. The van der Waals surface area contributed by atoms with E-state index in [2.05, 4.69) is 53.2 Å². The quantitative estimate of drug-likeness (QED) is 0.731. The van der Waals surface area contributed by atoms with Gasteiger partial charge in [0, 0.05) is 17.0 Å². The highest BCUT2D eigenvalue weighted by molar-refractivity contribution is 5.70. The fraction of sp³-hybridized carbons (Fsp3) is 0.600. The topological polar surface area (TPSA) is 30.2 Å². The molecule has 0 aliphatic heterocycles. The molecule has 0 radical (unpaired) electrons. The van der Waals surface area contributed by atoms with Crippen LogP contribution in [0.3, 0.4) is 0 Å². The highest BCUT2D eigenvalue weighted by Gasteiger charge is 2.31. The van der Waals surface area contributed by atoms with Crippen LogP contribution in [-0.4, -0.2) is 15.9 Å². The lowest BCUT2D eigenvalue weighted by atomic mass is 9.82. The van der Waals surface area contributed by atoms with Crippen LogP contribution in [0, 0.1) is 6.92 Å². The zero-order valence-electron chi connectivity index (χ0n) is 12.7. The van der Waals surface area contributed by atoms with Gasteiger partial charge in [0.25, 0.3) is 0 Å². The summed E-state index contributed by atoms with van der Waals surface area (Å²) in [5.41, 5.74) is 2.31. The zero-order chi connectivity index (χ0) is 14.1. The second-order valence-corrected chi connectivity index (χ2v) is 6.67. The molecule has 0 saturated heterocycles. The van der Waals surface area contributed by atoms with Crippen LogP contribution in [0.4, 0.5) is 0 Å². The summed E-state index contributed by atoms with van der Waals surface area (Å²) in [6, 6.07) is 0. The van der Waals surface area contributed by atoms with Gasteiger partial charge in [0.05, 0.1) is 11.4 Å². The van der Waals surface area contributed by atoms with Crippen LogP contribution in [0.1, 0.15) is 58.8 Å². The molecule has 0 atom stereocenters. The third-order valence-electron chi connectivity index (χ3n) is 2.72. The normalized spacial score (nSPS) is 13.3. The number of rotatable bonds is 2. The molecule has 1 aromatic rings. The summed E-state index contributed by atoms with van der Waals surface area (Å²) in [7, 11) is 0. The number of aryl methyl sites for hydroxylation is 1. The molecule has 3 heteroatoms. The Kier molecular flexibility index (Phi) is 3.84. The van der Waals surface area contributed by atoms with Crippen LogP contribution in [0.25, 0.3) is 0 Å². The Morgan fingerprint density at radius 3 is 2.06 bits per heavy atom. The molecule has 0 unspecified atom stereocenters. The number of imidazole rings is 1.